The van der Waals surface area contributed by atoms with E-state index in [-0.39, 0.29) is 0 Å². The van der Waals surface area contributed by atoms with Gasteiger partial charge in [-0.25, -0.2) is 0 Å². The lowest BCUT2D eigenvalue weighted by molar-refractivity contribution is 0.150. The number of hydrogen-bond acceptors (Lipinski definition) is 0. The second kappa shape index (κ2) is 1.91. The second-order valence-corrected chi connectivity index (χ2v) is 6.54. The van der Waals surface area contributed by atoms with Crippen molar-refractivity contribution in [3.63, 3.8) is 0 Å². The second-order valence-electron chi connectivity index (χ2n) is 6.54. The summed E-state index contributed by atoms with van der Waals surface area (Å²) in [7, 11) is 0. The highest BCUT2D eigenvalue weighted by atomic mass is 14.7. The Morgan fingerprint density at radius 1 is 1.00 bits per heavy atom. The van der Waals surface area contributed by atoms with Crippen molar-refractivity contribution in [1.29, 1.82) is 0 Å². The SMILES string of the molecule is CC1(C)CC2(C)CCC1C2(C)C. The molecule has 0 spiro atoms. The highest BCUT2D eigenvalue weighted by Crippen LogP contribution is 2.71. The van der Waals surface area contributed by atoms with Gasteiger partial charge in [-0.15, -0.1) is 0 Å². The molecule has 0 aromatic rings. The summed E-state index contributed by atoms with van der Waals surface area (Å²) >= 11 is 0. The molecule has 70 valence electrons. The van der Waals surface area contributed by atoms with Crippen LogP contribution >= 0.6 is 0 Å². The first-order chi connectivity index (χ1) is 5.30. The van der Waals surface area contributed by atoms with E-state index in [0.29, 0.717) is 16.2 Å². The fourth-order valence-corrected chi connectivity index (χ4v) is 4.38. The summed E-state index contributed by atoms with van der Waals surface area (Å²) in [6.45, 7) is 12.4. The van der Waals surface area contributed by atoms with Crippen LogP contribution in [0.4, 0.5) is 0 Å². The zero-order chi connectivity index (χ0) is 9.20. The Morgan fingerprint density at radius 2 is 1.58 bits per heavy atom. The van der Waals surface area contributed by atoms with E-state index >= 15 is 0 Å². The van der Waals surface area contributed by atoms with Crippen LogP contribution in [0.1, 0.15) is 53.9 Å². The van der Waals surface area contributed by atoms with E-state index in [0.717, 1.165) is 5.92 Å². The van der Waals surface area contributed by atoms with Gasteiger partial charge in [0.25, 0.3) is 0 Å². The average Bonchev–Trinajstić information content (AvgIpc) is 2.08. The zero-order valence-electron chi connectivity index (χ0n) is 9.20. The van der Waals surface area contributed by atoms with Crippen LogP contribution in [0.2, 0.25) is 0 Å². The van der Waals surface area contributed by atoms with Gasteiger partial charge in [-0.1, -0.05) is 34.6 Å². The fourth-order valence-electron chi connectivity index (χ4n) is 4.38. The Balaban J connectivity index is 2.43. The van der Waals surface area contributed by atoms with Crippen molar-refractivity contribution in [1.82, 2.24) is 0 Å². The van der Waals surface area contributed by atoms with Gasteiger partial charge in [-0.3, -0.25) is 0 Å². The van der Waals surface area contributed by atoms with Gasteiger partial charge in [0, 0.05) is 0 Å². The summed E-state index contributed by atoms with van der Waals surface area (Å²) < 4.78 is 0. The van der Waals surface area contributed by atoms with Gasteiger partial charge in [0.15, 0.2) is 0 Å². The van der Waals surface area contributed by atoms with Crippen LogP contribution in [-0.4, -0.2) is 0 Å². The zero-order valence-corrected chi connectivity index (χ0v) is 9.20. The van der Waals surface area contributed by atoms with E-state index in [4.69, 9.17) is 0 Å². The smallest absolute Gasteiger partial charge is 0.0266 e. The van der Waals surface area contributed by atoms with Crippen LogP contribution in [0.25, 0.3) is 0 Å². The number of hydrogen-bond donors (Lipinski definition) is 0. The van der Waals surface area contributed by atoms with Crippen LogP contribution in [0.5, 0.6) is 0 Å². The van der Waals surface area contributed by atoms with E-state index in [9.17, 15) is 0 Å². The molecule has 0 heterocycles. The minimum absolute atomic E-state index is 0.594. The molecule has 2 atom stereocenters. The Kier molecular flexibility index (Phi) is 1.37. The first kappa shape index (κ1) is 8.59. The maximum absolute atomic E-state index is 2.50. The molecular weight excluding hydrogens is 144 g/mol. The fraction of sp³-hybridized carbons (Fsp3) is 1.00. The summed E-state index contributed by atoms with van der Waals surface area (Å²) in [4.78, 5) is 0. The Hall–Kier alpha value is 0. The molecule has 2 aliphatic carbocycles. The average molecular weight is 166 g/mol. The first-order valence-electron chi connectivity index (χ1n) is 5.30. The molecule has 2 fully saturated rings. The van der Waals surface area contributed by atoms with Crippen molar-refractivity contribution in [2.24, 2.45) is 22.2 Å². The van der Waals surface area contributed by atoms with Gasteiger partial charge < -0.3 is 0 Å². The Labute approximate surface area is 76.7 Å². The summed E-state index contributed by atoms with van der Waals surface area (Å²) in [6.07, 6.45) is 4.38. The monoisotopic (exact) mass is 166 g/mol. The highest BCUT2D eigenvalue weighted by Gasteiger charge is 2.63. The standard InChI is InChI=1S/C12H22/c1-10(2)8-12(5)7-6-9(10)11(12,3)4/h9H,6-8H2,1-5H3. The van der Waals surface area contributed by atoms with Crippen molar-refractivity contribution in [3.8, 4) is 0 Å². The summed E-state index contributed by atoms with van der Waals surface area (Å²) in [5.41, 5.74) is 1.84. The van der Waals surface area contributed by atoms with Crippen molar-refractivity contribution in [2.75, 3.05) is 0 Å². The molecule has 2 unspecified atom stereocenters. The molecule has 0 aliphatic heterocycles. The minimum Gasteiger partial charge on any atom is -0.0596 e. The Morgan fingerprint density at radius 3 is 1.75 bits per heavy atom. The predicted octanol–water partition coefficient (Wildman–Crippen LogP) is 3.86. The number of rotatable bonds is 0. The Bertz CT molecular complexity index is 209. The molecular formula is C12H22. The predicted molar refractivity (Wildman–Crippen MR) is 53.0 cm³/mol. The van der Waals surface area contributed by atoms with Crippen LogP contribution in [0.15, 0.2) is 0 Å². The largest absolute Gasteiger partial charge is 0.0596 e. The van der Waals surface area contributed by atoms with Crippen molar-refractivity contribution in [2.45, 2.75) is 53.9 Å². The lowest BCUT2D eigenvalue weighted by Crippen LogP contribution is -2.27. The van der Waals surface area contributed by atoms with Crippen LogP contribution < -0.4 is 0 Å². The van der Waals surface area contributed by atoms with Gasteiger partial charge >= 0.3 is 0 Å². The van der Waals surface area contributed by atoms with E-state index in [2.05, 4.69) is 34.6 Å². The molecule has 0 aromatic heterocycles. The third kappa shape index (κ3) is 0.744. The van der Waals surface area contributed by atoms with Gasteiger partial charge in [0.1, 0.15) is 0 Å². The summed E-state index contributed by atoms with van der Waals surface area (Å²) in [6, 6.07) is 0. The van der Waals surface area contributed by atoms with E-state index < -0.39 is 0 Å². The molecule has 0 saturated heterocycles. The third-order valence-electron chi connectivity index (χ3n) is 5.20. The molecule has 2 bridgehead atoms. The third-order valence-corrected chi connectivity index (χ3v) is 5.20. The molecule has 0 aromatic carbocycles. The van der Waals surface area contributed by atoms with E-state index in [1.165, 1.54) is 19.3 Å². The molecule has 2 saturated carbocycles. The molecule has 0 radical (unpaired) electrons. The van der Waals surface area contributed by atoms with Crippen LogP contribution in [0.3, 0.4) is 0 Å². The molecule has 2 rings (SSSR count). The molecule has 2 aliphatic rings. The van der Waals surface area contributed by atoms with E-state index in [1.807, 2.05) is 0 Å². The lowest BCUT2D eigenvalue weighted by atomic mass is 9.71. The molecule has 12 heavy (non-hydrogen) atoms. The van der Waals surface area contributed by atoms with Gasteiger partial charge in [-0.05, 0) is 41.4 Å². The van der Waals surface area contributed by atoms with Crippen LogP contribution in [-0.2, 0) is 0 Å². The van der Waals surface area contributed by atoms with Gasteiger partial charge in [0.2, 0.25) is 0 Å². The lowest BCUT2D eigenvalue weighted by Gasteiger charge is -2.34. The van der Waals surface area contributed by atoms with E-state index in [1.54, 1.807) is 0 Å². The quantitative estimate of drug-likeness (QED) is 0.512. The topological polar surface area (TPSA) is 0 Å². The summed E-state index contributed by atoms with van der Waals surface area (Å²) in [5, 5.41) is 0. The maximum atomic E-state index is 2.50. The molecule has 0 N–H and O–H groups in total. The van der Waals surface area contributed by atoms with Crippen molar-refractivity contribution >= 4 is 0 Å². The van der Waals surface area contributed by atoms with Crippen molar-refractivity contribution < 1.29 is 0 Å². The minimum atomic E-state index is 0.594. The molecule has 0 heteroatoms. The molecule has 0 amide bonds. The number of fused-ring (bicyclic) bond motifs is 2. The van der Waals surface area contributed by atoms with Gasteiger partial charge in [0.05, 0.1) is 0 Å². The highest BCUT2D eigenvalue weighted by molar-refractivity contribution is 5.12. The maximum Gasteiger partial charge on any atom is -0.0266 e. The van der Waals surface area contributed by atoms with Crippen LogP contribution in [0, 0.1) is 22.2 Å². The summed E-state index contributed by atoms with van der Waals surface area (Å²) in [5.74, 6) is 0.968. The van der Waals surface area contributed by atoms with Gasteiger partial charge in [-0.2, -0.15) is 0 Å². The van der Waals surface area contributed by atoms with Crippen molar-refractivity contribution in [3.05, 3.63) is 0 Å². The normalized spacial score (nSPS) is 48.2. The molecule has 0 nitrogen and oxygen atoms in total. The first-order valence-corrected chi connectivity index (χ1v) is 5.30.